The van der Waals surface area contributed by atoms with Crippen molar-refractivity contribution in [2.45, 2.75) is 33.2 Å². The molecule has 0 aromatic rings. The molecule has 14 heavy (non-hydrogen) atoms. The lowest BCUT2D eigenvalue weighted by molar-refractivity contribution is 0.145. The van der Waals surface area contributed by atoms with Crippen molar-refractivity contribution in [1.82, 2.24) is 10.2 Å². The van der Waals surface area contributed by atoms with Gasteiger partial charge in [-0.05, 0) is 18.4 Å². The van der Waals surface area contributed by atoms with Crippen molar-refractivity contribution >= 4 is 0 Å². The fraction of sp³-hybridized carbons (Fsp3) is 1.00. The number of rotatable bonds is 3. The Bertz CT molecular complexity index is 162. The molecule has 1 saturated heterocycles. The van der Waals surface area contributed by atoms with Crippen LogP contribution in [0.25, 0.3) is 0 Å². The first-order valence-electron chi connectivity index (χ1n) is 5.68. The van der Waals surface area contributed by atoms with Crippen molar-refractivity contribution < 1.29 is 0 Å². The highest BCUT2D eigenvalue weighted by atomic mass is 15.2. The summed E-state index contributed by atoms with van der Waals surface area (Å²) in [6, 6.07) is 0.547. The molecule has 0 aromatic heterocycles. The molecule has 1 atom stereocenters. The van der Waals surface area contributed by atoms with Gasteiger partial charge in [0.05, 0.1) is 0 Å². The summed E-state index contributed by atoms with van der Waals surface area (Å²) >= 11 is 0. The zero-order valence-electron chi connectivity index (χ0n) is 9.84. The molecule has 1 rings (SSSR count). The lowest BCUT2D eigenvalue weighted by Gasteiger charge is -2.37. The van der Waals surface area contributed by atoms with E-state index < -0.39 is 0 Å². The quantitative estimate of drug-likeness (QED) is 0.701. The van der Waals surface area contributed by atoms with Crippen molar-refractivity contribution in [3.63, 3.8) is 0 Å². The number of nitrogens with two attached hydrogens (primary N) is 1. The average molecular weight is 199 g/mol. The summed E-state index contributed by atoms with van der Waals surface area (Å²) in [5, 5.41) is 3.39. The third-order valence-electron chi connectivity index (χ3n) is 2.89. The van der Waals surface area contributed by atoms with Crippen LogP contribution in [0.3, 0.4) is 0 Å². The standard InChI is InChI=1S/C11H25N3/c1-11(2,3)4-6-14-7-5-13-9-10(14)8-12/h10,13H,4-9,12H2,1-3H3. The molecule has 0 aromatic carbocycles. The average Bonchev–Trinajstić information content (AvgIpc) is 2.14. The SMILES string of the molecule is CC(C)(C)CCN1CCNCC1CN. The van der Waals surface area contributed by atoms with Gasteiger partial charge in [0.25, 0.3) is 0 Å². The molecule has 0 amide bonds. The van der Waals surface area contributed by atoms with Gasteiger partial charge in [0.1, 0.15) is 0 Å². The molecule has 1 aliphatic rings. The monoisotopic (exact) mass is 199 g/mol. The van der Waals surface area contributed by atoms with Crippen LogP contribution < -0.4 is 11.1 Å². The second-order valence-electron chi connectivity index (χ2n) is 5.44. The third-order valence-corrected chi connectivity index (χ3v) is 2.89. The Morgan fingerprint density at radius 1 is 1.43 bits per heavy atom. The van der Waals surface area contributed by atoms with Gasteiger partial charge in [-0.15, -0.1) is 0 Å². The van der Waals surface area contributed by atoms with E-state index in [4.69, 9.17) is 5.73 Å². The van der Waals surface area contributed by atoms with Crippen molar-refractivity contribution in [3.05, 3.63) is 0 Å². The van der Waals surface area contributed by atoms with Crippen LogP contribution in [0, 0.1) is 5.41 Å². The molecule has 1 heterocycles. The maximum atomic E-state index is 5.75. The summed E-state index contributed by atoms with van der Waals surface area (Å²) in [4.78, 5) is 2.53. The number of piperazine rings is 1. The van der Waals surface area contributed by atoms with Crippen molar-refractivity contribution in [2.24, 2.45) is 11.1 Å². The topological polar surface area (TPSA) is 41.3 Å². The van der Waals surface area contributed by atoms with Crippen LogP contribution in [-0.4, -0.2) is 43.7 Å². The first-order valence-corrected chi connectivity index (χ1v) is 5.68. The smallest absolute Gasteiger partial charge is 0.0343 e. The molecule has 3 heteroatoms. The number of nitrogens with one attached hydrogen (secondary N) is 1. The number of hydrogen-bond donors (Lipinski definition) is 2. The van der Waals surface area contributed by atoms with Crippen LogP contribution in [-0.2, 0) is 0 Å². The Balaban J connectivity index is 2.33. The first kappa shape index (κ1) is 12.0. The van der Waals surface area contributed by atoms with Crippen LogP contribution in [0.15, 0.2) is 0 Å². The van der Waals surface area contributed by atoms with Gasteiger partial charge >= 0.3 is 0 Å². The van der Waals surface area contributed by atoms with Crippen molar-refractivity contribution in [1.29, 1.82) is 0 Å². The van der Waals surface area contributed by atoms with Gasteiger partial charge in [0.15, 0.2) is 0 Å². The van der Waals surface area contributed by atoms with E-state index in [1.807, 2.05) is 0 Å². The minimum absolute atomic E-state index is 0.435. The maximum Gasteiger partial charge on any atom is 0.0343 e. The lowest BCUT2D eigenvalue weighted by Crippen LogP contribution is -2.54. The Morgan fingerprint density at radius 3 is 2.71 bits per heavy atom. The van der Waals surface area contributed by atoms with Crippen molar-refractivity contribution in [2.75, 3.05) is 32.7 Å². The van der Waals surface area contributed by atoms with E-state index in [0.717, 1.165) is 26.2 Å². The molecule has 3 nitrogen and oxygen atoms in total. The predicted molar refractivity (Wildman–Crippen MR) is 61.4 cm³/mol. The normalized spacial score (nSPS) is 25.3. The molecule has 1 aliphatic heterocycles. The minimum Gasteiger partial charge on any atom is -0.329 e. The molecule has 84 valence electrons. The molecule has 1 unspecified atom stereocenters. The highest BCUT2D eigenvalue weighted by molar-refractivity contribution is 4.81. The number of hydrogen-bond acceptors (Lipinski definition) is 3. The van der Waals surface area contributed by atoms with E-state index in [1.54, 1.807) is 0 Å². The molecule has 0 radical (unpaired) electrons. The Labute approximate surface area is 88.0 Å². The lowest BCUT2D eigenvalue weighted by atomic mass is 9.92. The van der Waals surface area contributed by atoms with Gasteiger partial charge in [-0.25, -0.2) is 0 Å². The van der Waals surface area contributed by atoms with Crippen LogP contribution in [0.4, 0.5) is 0 Å². The van der Waals surface area contributed by atoms with Crippen molar-refractivity contribution in [3.8, 4) is 0 Å². The molecule has 0 bridgehead atoms. The summed E-state index contributed by atoms with van der Waals surface area (Å²) < 4.78 is 0. The van der Waals surface area contributed by atoms with Crippen LogP contribution >= 0.6 is 0 Å². The zero-order chi connectivity index (χ0) is 10.6. The van der Waals surface area contributed by atoms with E-state index in [1.165, 1.54) is 13.0 Å². The predicted octanol–water partition coefficient (Wildman–Crippen LogP) is 0.655. The van der Waals surface area contributed by atoms with Crippen LogP contribution in [0.5, 0.6) is 0 Å². The van der Waals surface area contributed by atoms with Gasteiger partial charge in [-0.3, -0.25) is 4.90 Å². The fourth-order valence-electron chi connectivity index (χ4n) is 1.81. The number of nitrogens with zero attached hydrogens (tertiary/aromatic N) is 1. The second-order valence-corrected chi connectivity index (χ2v) is 5.44. The second kappa shape index (κ2) is 5.10. The molecule has 0 aliphatic carbocycles. The molecular formula is C11H25N3. The summed E-state index contributed by atoms with van der Waals surface area (Å²) in [6.45, 7) is 12.2. The third kappa shape index (κ3) is 3.95. The summed E-state index contributed by atoms with van der Waals surface area (Å²) in [7, 11) is 0. The Morgan fingerprint density at radius 2 is 2.14 bits per heavy atom. The Kier molecular flexibility index (Phi) is 4.35. The summed E-state index contributed by atoms with van der Waals surface area (Å²) in [5.74, 6) is 0. The van der Waals surface area contributed by atoms with Crippen LogP contribution in [0.1, 0.15) is 27.2 Å². The summed E-state index contributed by atoms with van der Waals surface area (Å²) in [6.07, 6.45) is 1.25. The molecule has 0 spiro atoms. The highest BCUT2D eigenvalue weighted by Crippen LogP contribution is 2.19. The van der Waals surface area contributed by atoms with Gasteiger partial charge in [-0.1, -0.05) is 20.8 Å². The summed E-state index contributed by atoms with van der Waals surface area (Å²) in [5.41, 5.74) is 6.19. The molecule has 1 fully saturated rings. The van der Waals surface area contributed by atoms with E-state index >= 15 is 0 Å². The fourth-order valence-corrected chi connectivity index (χ4v) is 1.81. The van der Waals surface area contributed by atoms with E-state index in [-0.39, 0.29) is 0 Å². The zero-order valence-corrected chi connectivity index (χ0v) is 9.84. The van der Waals surface area contributed by atoms with E-state index in [9.17, 15) is 0 Å². The largest absolute Gasteiger partial charge is 0.329 e. The molecular weight excluding hydrogens is 174 g/mol. The molecule has 3 N–H and O–H groups in total. The van der Waals surface area contributed by atoms with E-state index in [2.05, 4.69) is 31.0 Å². The van der Waals surface area contributed by atoms with Gasteiger partial charge in [0.2, 0.25) is 0 Å². The van der Waals surface area contributed by atoms with E-state index in [0.29, 0.717) is 11.5 Å². The Hall–Kier alpha value is -0.120. The van der Waals surface area contributed by atoms with Gasteiger partial charge < -0.3 is 11.1 Å². The minimum atomic E-state index is 0.435. The first-order chi connectivity index (χ1) is 6.53. The molecule has 0 saturated carbocycles. The maximum absolute atomic E-state index is 5.75. The highest BCUT2D eigenvalue weighted by Gasteiger charge is 2.22. The van der Waals surface area contributed by atoms with Gasteiger partial charge in [0, 0.05) is 32.2 Å². The van der Waals surface area contributed by atoms with Crippen LogP contribution in [0.2, 0.25) is 0 Å². The van der Waals surface area contributed by atoms with Gasteiger partial charge in [-0.2, -0.15) is 0 Å².